The number of hydrogen-bond donors (Lipinski definition) is 2. The number of aliphatic imine (C=N–C) groups is 1. The highest BCUT2D eigenvalue weighted by Crippen LogP contribution is 2.34. The van der Waals surface area contributed by atoms with E-state index < -0.39 is 0 Å². The van der Waals surface area contributed by atoms with Gasteiger partial charge in [-0.3, -0.25) is 4.99 Å². The van der Waals surface area contributed by atoms with Crippen LogP contribution in [0.3, 0.4) is 0 Å². The third-order valence-electron chi connectivity index (χ3n) is 3.87. The lowest BCUT2D eigenvalue weighted by Crippen LogP contribution is -2.00. The fourth-order valence-corrected chi connectivity index (χ4v) is 2.74. The van der Waals surface area contributed by atoms with E-state index >= 15 is 0 Å². The predicted molar refractivity (Wildman–Crippen MR) is 86.2 cm³/mol. The van der Waals surface area contributed by atoms with E-state index in [0.29, 0.717) is 6.54 Å². The van der Waals surface area contributed by atoms with Crippen molar-refractivity contribution in [2.45, 2.75) is 13.5 Å². The summed E-state index contributed by atoms with van der Waals surface area (Å²) in [4.78, 5) is 16.1. The summed E-state index contributed by atoms with van der Waals surface area (Å²) >= 11 is 0. The zero-order valence-corrected chi connectivity index (χ0v) is 12.3. The van der Waals surface area contributed by atoms with E-state index in [1.54, 1.807) is 13.4 Å². The molecule has 0 bridgehead atoms. The van der Waals surface area contributed by atoms with Gasteiger partial charge in [0.1, 0.15) is 23.5 Å². The Balaban J connectivity index is 1.82. The Bertz CT molecular complexity index is 897. The highest BCUT2D eigenvalue weighted by atomic mass is 16.5. The second-order valence-corrected chi connectivity index (χ2v) is 5.26. The molecular formula is C16H15N5O. The second kappa shape index (κ2) is 4.84. The molecule has 1 aliphatic heterocycles. The molecule has 0 fully saturated rings. The Hall–Kier alpha value is -2.89. The van der Waals surface area contributed by atoms with E-state index in [1.807, 2.05) is 31.5 Å². The van der Waals surface area contributed by atoms with Gasteiger partial charge in [-0.25, -0.2) is 9.97 Å². The third kappa shape index (κ3) is 1.92. The molecule has 1 aromatic carbocycles. The van der Waals surface area contributed by atoms with Gasteiger partial charge in [-0.15, -0.1) is 0 Å². The van der Waals surface area contributed by atoms with Gasteiger partial charge >= 0.3 is 0 Å². The van der Waals surface area contributed by atoms with Gasteiger partial charge in [0.25, 0.3) is 0 Å². The number of hydrogen-bond acceptors (Lipinski definition) is 5. The molecule has 2 N–H and O–H groups in total. The molecule has 0 aliphatic carbocycles. The van der Waals surface area contributed by atoms with Crippen LogP contribution in [0.2, 0.25) is 0 Å². The molecule has 0 atom stereocenters. The molecule has 0 unspecified atom stereocenters. The first-order valence-corrected chi connectivity index (χ1v) is 7.02. The van der Waals surface area contributed by atoms with Crippen LogP contribution in [0.1, 0.15) is 16.7 Å². The van der Waals surface area contributed by atoms with Crippen molar-refractivity contribution in [1.29, 1.82) is 0 Å². The Morgan fingerprint density at radius 3 is 3.05 bits per heavy atom. The number of methoxy groups -OCH3 is 1. The van der Waals surface area contributed by atoms with Crippen LogP contribution in [0.5, 0.6) is 5.75 Å². The number of nitrogens with zero attached hydrogens (tertiary/aromatic N) is 3. The Morgan fingerprint density at radius 1 is 1.27 bits per heavy atom. The average molecular weight is 293 g/mol. The summed E-state index contributed by atoms with van der Waals surface area (Å²) in [7, 11) is 1.67. The molecule has 0 radical (unpaired) electrons. The van der Waals surface area contributed by atoms with Crippen molar-refractivity contribution in [2.24, 2.45) is 4.99 Å². The number of nitrogens with one attached hydrogen (secondary N) is 2. The van der Waals surface area contributed by atoms with Crippen LogP contribution in [0.25, 0.3) is 11.0 Å². The molecule has 110 valence electrons. The molecule has 0 saturated carbocycles. The lowest BCUT2D eigenvalue weighted by molar-refractivity contribution is 0.416. The van der Waals surface area contributed by atoms with Crippen molar-refractivity contribution in [3.8, 4) is 5.75 Å². The zero-order chi connectivity index (χ0) is 15.1. The highest BCUT2D eigenvalue weighted by molar-refractivity contribution is 5.93. The number of benzene rings is 1. The summed E-state index contributed by atoms with van der Waals surface area (Å²) in [5, 5.41) is 4.35. The first-order chi connectivity index (χ1) is 10.8. The Morgan fingerprint density at radius 2 is 2.18 bits per heavy atom. The van der Waals surface area contributed by atoms with Crippen LogP contribution in [0.4, 0.5) is 11.5 Å². The topological polar surface area (TPSA) is 75.2 Å². The minimum Gasteiger partial charge on any atom is -0.495 e. The van der Waals surface area contributed by atoms with Gasteiger partial charge in [0, 0.05) is 12.4 Å². The quantitative estimate of drug-likeness (QED) is 0.778. The molecule has 0 amide bonds. The monoisotopic (exact) mass is 293 g/mol. The van der Waals surface area contributed by atoms with Crippen LogP contribution in [-0.4, -0.2) is 28.3 Å². The minimum absolute atomic E-state index is 0.709. The maximum atomic E-state index is 5.50. The zero-order valence-electron chi connectivity index (χ0n) is 12.3. The van der Waals surface area contributed by atoms with Gasteiger partial charge in [0.05, 0.1) is 24.7 Å². The number of H-pyrrole nitrogens is 1. The van der Waals surface area contributed by atoms with E-state index in [2.05, 4.69) is 25.3 Å². The minimum atomic E-state index is 0.709. The summed E-state index contributed by atoms with van der Waals surface area (Å²) in [6.45, 7) is 2.74. The fraction of sp³-hybridized carbons (Fsp3) is 0.188. The van der Waals surface area contributed by atoms with Gasteiger partial charge in [-0.2, -0.15) is 0 Å². The number of aromatic nitrogens is 3. The van der Waals surface area contributed by atoms with E-state index in [9.17, 15) is 0 Å². The number of anilines is 2. The van der Waals surface area contributed by atoms with Crippen molar-refractivity contribution in [3.05, 3.63) is 41.3 Å². The largest absolute Gasteiger partial charge is 0.495 e. The third-order valence-corrected chi connectivity index (χ3v) is 3.87. The molecule has 4 rings (SSSR count). The van der Waals surface area contributed by atoms with E-state index in [0.717, 1.165) is 39.4 Å². The van der Waals surface area contributed by atoms with E-state index in [4.69, 9.17) is 4.74 Å². The summed E-state index contributed by atoms with van der Waals surface area (Å²) in [5.74, 6) is 1.54. The molecule has 3 heterocycles. The summed E-state index contributed by atoms with van der Waals surface area (Å²) in [6.07, 6.45) is 5.36. The molecule has 2 aromatic heterocycles. The molecular weight excluding hydrogens is 278 g/mol. The number of ether oxygens (including phenoxy) is 1. The van der Waals surface area contributed by atoms with Crippen molar-refractivity contribution < 1.29 is 4.74 Å². The van der Waals surface area contributed by atoms with Crippen molar-refractivity contribution in [1.82, 2.24) is 15.0 Å². The maximum Gasteiger partial charge on any atom is 0.143 e. The van der Waals surface area contributed by atoms with Crippen molar-refractivity contribution in [3.63, 3.8) is 0 Å². The van der Waals surface area contributed by atoms with Crippen LogP contribution in [-0.2, 0) is 6.54 Å². The van der Waals surface area contributed by atoms with E-state index in [1.165, 1.54) is 5.56 Å². The molecule has 1 aliphatic rings. The van der Waals surface area contributed by atoms with Gasteiger partial charge in [0.15, 0.2) is 0 Å². The van der Waals surface area contributed by atoms with Gasteiger partial charge in [0.2, 0.25) is 0 Å². The van der Waals surface area contributed by atoms with Gasteiger partial charge in [-0.1, -0.05) is 0 Å². The maximum absolute atomic E-state index is 5.50. The molecule has 6 nitrogen and oxygen atoms in total. The van der Waals surface area contributed by atoms with Gasteiger partial charge in [-0.05, 0) is 35.7 Å². The molecule has 22 heavy (non-hydrogen) atoms. The molecule has 3 aromatic rings. The fourth-order valence-electron chi connectivity index (χ4n) is 2.74. The predicted octanol–water partition coefficient (Wildman–Crippen LogP) is 2.95. The van der Waals surface area contributed by atoms with Crippen molar-refractivity contribution >= 4 is 28.8 Å². The number of aromatic amines is 1. The summed E-state index contributed by atoms with van der Waals surface area (Å²) in [6, 6.07) is 4.06. The highest BCUT2D eigenvalue weighted by Gasteiger charge is 2.15. The van der Waals surface area contributed by atoms with Crippen LogP contribution < -0.4 is 10.1 Å². The summed E-state index contributed by atoms with van der Waals surface area (Å²) < 4.78 is 5.50. The van der Waals surface area contributed by atoms with Crippen molar-refractivity contribution in [2.75, 3.05) is 12.4 Å². The Kier molecular flexibility index (Phi) is 2.82. The number of fused-ring (bicyclic) bond motifs is 2. The average Bonchev–Trinajstić information content (AvgIpc) is 3.13. The molecule has 6 heteroatoms. The smallest absolute Gasteiger partial charge is 0.143 e. The van der Waals surface area contributed by atoms with E-state index in [-0.39, 0.29) is 0 Å². The first-order valence-electron chi connectivity index (χ1n) is 7.02. The molecule has 0 spiro atoms. The summed E-state index contributed by atoms with van der Waals surface area (Å²) in [5.41, 5.74) is 5.07. The van der Waals surface area contributed by atoms with Crippen LogP contribution >= 0.6 is 0 Å². The standard InChI is InChI=1S/C16H15N5O/c1-9-5-18-15-14(9)16(20-8-19-15)21-12-3-10-6-17-7-11(10)4-13(12)22-2/h3-6,8H,7H2,1-2H3,(H2,18,19,20,21). The lowest BCUT2D eigenvalue weighted by atomic mass is 10.1. The lowest BCUT2D eigenvalue weighted by Gasteiger charge is -2.13. The normalized spacial score (nSPS) is 12.6. The van der Waals surface area contributed by atoms with Gasteiger partial charge < -0.3 is 15.0 Å². The van der Waals surface area contributed by atoms with Crippen LogP contribution in [0, 0.1) is 6.92 Å². The molecule has 0 saturated heterocycles. The Labute approximate surface area is 127 Å². The second-order valence-electron chi connectivity index (χ2n) is 5.26. The number of rotatable bonds is 3. The number of aryl methyl sites for hydroxylation is 1. The SMILES string of the molecule is COc1cc2c(cc1Nc1ncnc3[nH]cc(C)c13)C=NC2. The van der Waals surface area contributed by atoms with Crippen LogP contribution in [0.15, 0.2) is 29.6 Å². The first kappa shape index (κ1) is 12.8.